The van der Waals surface area contributed by atoms with Crippen LogP contribution in [0.25, 0.3) is 0 Å². The maximum Gasteiger partial charge on any atom is 0.116 e. The highest BCUT2D eigenvalue weighted by Crippen LogP contribution is 1.83. The number of carbonyl (C=O) groups is 1. The summed E-state index contributed by atoms with van der Waals surface area (Å²) in [6.45, 7) is 5.69. The first kappa shape index (κ1) is 10.6. The average Bonchev–Trinajstić information content (AvgIpc) is 1.69. The maximum atomic E-state index is 8.81. The second-order valence-corrected chi connectivity index (χ2v) is 1.81. The minimum absolute atomic E-state index is 0.306. The molecule has 0 saturated heterocycles. The predicted octanol–water partition coefficient (Wildman–Crippen LogP) is 0.840. The number of hydrogen-bond acceptors (Lipinski definition) is 2. The van der Waals surface area contributed by atoms with Gasteiger partial charge in [0.1, 0.15) is 6.29 Å². The molecular weight excluding hydrogens is 104 g/mol. The van der Waals surface area contributed by atoms with Crippen molar-refractivity contribution in [3.8, 4) is 0 Å². The molecule has 0 heterocycles. The second kappa shape index (κ2) is 9.80. The van der Waals surface area contributed by atoms with Crippen LogP contribution >= 0.6 is 0 Å². The van der Waals surface area contributed by atoms with Gasteiger partial charge in [0.15, 0.2) is 0 Å². The summed E-state index contributed by atoms with van der Waals surface area (Å²) in [6.07, 6.45) is 0.750. The van der Waals surface area contributed by atoms with Crippen LogP contribution in [-0.2, 0) is 4.79 Å². The van der Waals surface area contributed by atoms with Crippen molar-refractivity contribution in [2.75, 3.05) is 6.61 Å². The zero-order valence-corrected chi connectivity index (χ0v) is 5.72. The summed E-state index contributed by atoms with van der Waals surface area (Å²) < 4.78 is 0. The van der Waals surface area contributed by atoms with Gasteiger partial charge in [0, 0.05) is 6.61 Å². The van der Waals surface area contributed by atoms with Gasteiger partial charge >= 0.3 is 0 Å². The average molecular weight is 118 g/mol. The van der Waals surface area contributed by atoms with Crippen LogP contribution in [0.15, 0.2) is 0 Å². The van der Waals surface area contributed by atoms with Crippen molar-refractivity contribution in [1.82, 2.24) is 0 Å². The number of carbonyl (C=O) groups excluding carboxylic acids is 1. The molecule has 0 aliphatic carbocycles. The van der Waals surface area contributed by atoms with E-state index in [2.05, 4.69) is 0 Å². The van der Waals surface area contributed by atoms with Gasteiger partial charge in [-0.3, -0.25) is 0 Å². The summed E-state index contributed by atoms with van der Waals surface area (Å²) in [5.41, 5.74) is 0. The Morgan fingerprint density at radius 2 is 1.75 bits per heavy atom. The Kier molecular flexibility index (Phi) is 13.0. The molecule has 0 aromatic carbocycles. The first-order valence-electron chi connectivity index (χ1n) is 2.69. The van der Waals surface area contributed by atoms with Crippen LogP contribution in [0, 0.1) is 5.92 Å². The molecule has 0 spiro atoms. The van der Waals surface area contributed by atoms with Crippen LogP contribution < -0.4 is 0 Å². The highest BCUT2D eigenvalue weighted by molar-refractivity contribution is 5.44. The Morgan fingerprint density at radius 1 is 1.62 bits per heavy atom. The molecular formula is C6H14O2. The van der Waals surface area contributed by atoms with E-state index in [1.165, 1.54) is 6.92 Å². The van der Waals surface area contributed by atoms with Gasteiger partial charge in [0.25, 0.3) is 0 Å². The SMILES string of the molecule is CC(C)CO.CC=O. The van der Waals surface area contributed by atoms with Crippen molar-refractivity contribution in [2.24, 2.45) is 5.92 Å². The molecule has 0 bridgehead atoms. The topological polar surface area (TPSA) is 37.3 Å². The smallest absolute Gasteiger partial charge is 0.116 e. The van der Waals surface area contributed by atoms with Gasteiger partial charge in [-0.05, 0) is 12.8 Å². The maximum absolute atomic E-state index is 8.81. The summed E-state index contributed by atoms with van der Waals surface area (Å²) in [5, 5.41) is 8.14. The Balaban J connectivity index is 0. The van der Waals surface area contributed by atoms with E-state index in [0.717, 1.165) is 6.29 Å². The van der Waals surface area contributed by atoms with Crippen LogP contribution in [0.2, 0.25) is 0 Å². The highest BCUT2D eigenvalue weighted by Gasteiger charge is 1.81. The lowest BCUT2D eigenvalue weighted by Gasteiger charge is -1.90. The molecule has 0 unspecified atom stereocenters. The van der Waals surface area contributed by atoms with Gasteiger partial charge < -0.3 is 9.90 Å². The summed E-state index contributed by atoms with van der Waals surface area (Å²) in [4.78, 5) is 8.81. The van der Waals surface area contributed by atoms with Crippen LogP contribution in [0.5, 0.6) is 0 Å². The van der Waals surface area contributed by atoms with Gasteiger partial charge in [0.2, 0.25) is 0 Å². The van der Waals surface area contributed by atoms with Crippen molar-refractivity contribution >= 4 is 6.29 Å². The number of aliphatic hydroxyl groups is 1. The molecule has 50 valence electrons. The highest BCUT2D eigenvalue weighted by atomic mass is 16.3. The molecule has 0 atom stereocenters. The molecule has 2 heteroatoms. The first-order valence-corrected chi connectivity index (χ1v) is 2.69. The molecule has 0 aliphatic rings. The van der Waals surface area contributed by atoms with E-state index in [-0.39, 0.29) is 0 Å². The number of rotatable bonds is 1. The molecule has 0 fully saturated rings. The van der Waals surface area contributed by atoms with E-state index in [1.54, 1.807) is 0 Å². The van der Waals surface area contributed by atoms with E-state index < -0.39 is 0 Å². The van der Waals surface area contributed by atoms with Crippen molar-refractivity contribution < 1.29 is 9.90 Å². The molecule has 0 amide bonds. The fourth-order valence-corrected chi connectivity index (χ4v) is 0. The van der Waals surface area contributed by atoms with Crippen LogP contribution in [0.4, 0.5) is 0 Å². The zero-order chi connectivity index (χ0) is 6.99. The largest absolute Gasteiger partial charge is 0.396 e. The molecule has 0 rings (SSSR count). The molecule has 1 N–H and O–H groups in total. The normalized spacial score (nSPS) is 7.62. The summed E-state index contributed by atoms with van der Waals surface area (Å²) in [6, 6.07) is 0. The van der Waals surface area contributed by atoms with Crippen molar-refractivity contribution in [1.29, 1.82) is 0 Å². The molecule has 0 aromatic heterocycles. The second-order valence-electron chi connectivity index (χ2n) is 1.81. The molecule has 0 radical (unpaired) electrons. The van der Waals surface area contributed by atoms with Crippen LogP contribution in [-0.4, -0.2) is 18.0 Å². The Hall–Kier alpha value is -0.370. The third-order valence-electron chi connectivity index (χ3n) is 0.365. The van der Waals surface area contributed by atoms with Crippen LogP contribution in [0.1, 0.15) is 20.8 Å². The van der Waals surface area contributed by atoms with E-state index in [4.69, 9.17) is 9.90 Å². The van der Waals surface area contributed by atoms with E-state index in [0.29, 0.717) is 12.5 Å². The Morgan fingerprint density at radius 3 is 1.75 bits per heavy atom. The monoisotopic (exact) mass is 118 g/mol. The van der Waals surface area contributed by atoms with Gasteiger partial charge in [-0.2, -0.15) is 0 Å². The third kappa shape index (κ3) is 45.4. The lowest BCUT2D eigenvalue weighted by molar-refractivity contribution is -0.106. The first-order chi connectivity index (χ1) is 3.68. The van der Waals surface area contributed by atoms with Crippen LogP contribution in [0.3, 0.4) is 0 Å². The van der Waals surface area contributed by atoms with Gasteiger partial charge in [-0.25, -0.2) is 0 Å². The van der Waals surface area contributed by atoms with Gasteiger partial charge in [0.05, 0.1) is 0 Å². The summed E-state index contributed by atoms with van der Waals surface area (Å²) >= 11 is 0. The Labute approximate surface area is 50.5 Å². The standard InChI is InChI=1S/C4H10O.C2H4O/c1-4(2)3-5;1-2-3/h4-5H,3H2,1-2H3;2H,1H3. The molecule has 0 aliphatic heterocycles. The molecule has 8 heavy (non-hydrogen) atoms. The van der Waals surface area contributed by atoms with Crippen molar-refractivity contribution in [3.05, 3.63) is 0 Å². The molecule has 0 aromatic rings. The number of aldehydes is 1. The van der Waals surface area contributed by atoms with Crippen molar-refractivity contribution in [2.45, 2.75) is 20.8 Å². The minimum atomic E-state index is 0.306. The zero-order valence-electron chi connectivity index (χ0n) is 5.72. The quantitative estimate of drug-likeness (QED) is 0.518. The van der Waals surface area contributed by atoms with Crippen molar-refractivity contribution in [3.63, 3.8) is 0 Å². The summed E-state index contributed by atoms with van der Waals surface area (Å²) in [7, 11) is 0. The minimum Gasteiger partial charge on any atom is -0.396 e. The number of aliphatic hydroxyl groups excluding tert-OH is 1. The van der Waals surface area contributed by atoms with E-state index >= 15 is 0 Å². The fourth-order valence-electron chi connectivity index (χ4n) is 0. The lowest BCUT2D eigenvalue weighted by atomic mass is 10.2. The van der Waals surface area contributed by atoms with Gasteiger partial charge in [-0.15, -0.1) is 0 Å². The number of hydrogen-bond donors (Lipinski definition) is 1. The molecule has 0 saturated carbocycles. The summed E-state index contributed by atoms with van der Waals surface area (Å²) in [5.74, 6) is 0.440. The lowest BCUT2D eigenvalue weighted by Crippen LogP contribution is -1.90. The Bertz CT molecular complexity index is 41.8. The van der Waals surface area contributed by atoms with E-state index in [1.807, 2.05) is 13.8 Å². The molecule has 2 nitrogen and oxygen atoms in total. The van der Waals surface area contributed by atoms with E-state index in [9.17, 15) is 0 Å². The fraction of sp³-hybridized carbons (Fsp3) is 0.833. The predicted molar refractivity (Wildman–Crippen MR) is 33.7 cm³/mol. The van der Waals surface area contributed by atoms with Gasteiger partial charge in [-0.1, -0.05) is 13.8 Å². The third-order valence-corrected chi connectivity index (χ3v) is 0.365.